The van der Waals surface area contributed by atoms with Gasteiger partial charge in [-0.1, -0.05) is 5.57 Å². The van der Waals surface area contributed by atoms with E-state index in [0.29, 0.717) is 31.3 Å². The van der Waals surface area contributed by atoms with E-state index in [2.05, 4.69) is 0 Å². The summed E-state index contributed by atoms with van der Waals surface area (Å²) in [7, 11) is 0. The number of hydrogen-bond donors (Lipinski definition) is 2. The molecule has 0 aliphatic carbocycles. The van der Waals surface area contributed by atoms with Gasteiger partial charge in [-0.3, -0.25) is 4.79 Å². The first kappa shape index (κ1) is 19.6. The maximum atomic E-state index is 11.4. The molecule has 1 aliphatic heterocycles. The van der Waals surface area contributed by atoms with E-state index >= 15 is 0 Å². The Morgan fingerprint density at radius 1 is 1.43 bits per heavy atom. The zero-order chi connectivity index (χ0) is 17.8. The normalized spacial score (nSPS) is 26.9. The number of ether oxygens (including phenoxy) is 2. The second kappa shape index (κ2) is 7.45. The predicted molar refractivity (Wildman–Crippen MR) is 85.0 cm³/mol. The highest BCUT2D eigenvalue weighted by Crippen LogP contribution is 2.40. The molecule has 0 spiro atoms. The summed E-state index contributed by atoms with van der Waals surface area (Å²) >= 11 is 0. The highest BCUT2D eigenvalue weighted by atomic mass is 16.6. The molecule has 6 nitrogen and oxygen atoms in total. The first-order valence-electron chi connectivity index (χ1n) is 7.91. The topological polar surface area (TPSA) is 93.1 Å². The SMILES string of the molecule is CC(=O)O[C@@H](CC/C(C)=C/C(=O)O)[C@@]1(C)CC[C@H](C(C)(C)O)O1. The summed E-state index contributed by atoms with van der Waals surface area (Å²) in [5.74, 6) is -1.39. The van der Waals surface area contributed by atoms with Crippen molar-refractivity contribution in [2.75, 3.05) is 0 Å². The minimum Gasteiger partial charge on any atom is -0.478 e. The third-order valence-corrected chi connectivity index (χ3v) is 4.26. The Labute approximate surface area is 137 Å². The third-order valence-electron chi connectivity index (χ3n) is 4.26. The lowest BCUT2D eigenvalue weighted by Crippen LogP contribution is -2.45. The van der Waals surface area contributed by atoms with E-state index in [-0.39, 0.29) is 6.10 Å². The number of aliphatic carboxylic acids is 1. The number of hydrogen-bond acceptors (Lipinski definition) is 5. The van der Waals surface area contributed by atoms with Crippen molar-refractivity contribution in [3.63, 3.8) is 0 Å². The molecule has 0 unspecified atom stereocenters. The van der Waals surface area contributed by atoms with Gasteiger partial charge in [0, 0.05) is 13.0 Å². The first-order chi connectivity index (χ1) is 10.4. The van der Waals surface area contributed by atoms with Gasteiger partial charge in [-0.2, -0.15) is 0 Å². The molecule has 1 fully saturated rings. The van der Waals surface area contributed by atoms with Crippen molar-refractivity contribution >= 4 is 11.9 Å². The summed E-state index contributed by atoms with van der Waals surface area (Å²) in [6.45, 7) is 8.35. The molecular weight excluding hydrogens is 300 g/mol. The summed E-state index contributed by atoms with van der Waals surface area (Å²) < 4.78 is 11.5. The van der Waals surface area contributed by atoms with Gasteiger partial charge in [0.25, 0.3) is 0 Å². The summed E-state index contributed by atoms with van der Waals surface area (Å²) in [5, 5.41) is 18.9. The molecule has 6 heteroatoms. The van der Waals surface area contributed by atoms with Gasteiger partial charge in [-0.15, -0.1) is 0 Å². The second-order valence-electron chi connectivity index (χ2n) is 7.08. The average molecular weight is 328 g/mol. The number of esters is 1. The van der Waals surface area contributed by atoms with Crippen LogP contribution in [0.5, 0.6) is 0 Å². The van der Waals surface area contributed by atoms with Crippen LogP contribution < -0.4 is 0 Å². The molecule has 0 radical (unpaired) electrons. The minimum absolute atomic E-state index is 0.318. The van der Waals surface area contributed by atoms with Crippen LogP contribution in [0.25, 0.3) is 0 Å². The van der Waals surface area contributed by atoms with E-state index in [1.54, 1.807) is 20.8 Å². The van der Waals surface area contributed by atoms with Crippen LogP contribution >= 0.6 is 0 Å². The van der Waals surface area contributed by atoms with Crippen LogP contribution in [-0.2, 0) is 19.1 Å². The number of rotatable bonds is 7. The van der Waals surface area contributed by atoms with Gasteiger partial charge >= 0.3 is 11.9 Å². The van der Waals surface area contributed by atoms with Crippen LogP contribution in [0.1, 0.15) is 60.3 Å². The van der Waals surface area contributed by atoms with Gasteiger partial charge in [-0.25, -0.2) is 4.79 Å². The highest BCUT2D eigenvalue weighted by Gasteiger charge is 2.48. The van der Waals surface area contributed by atoms with Gasteiger partial charge in [0.1, 0.15) is 11.7 Å². The van der Waals surface area contributed by atoms with E-state index in [1.165, 1.54) is 6.92 Å². The molecule has 0 aromatic rings. The number of carbonyl (C=O) groups excluding carboxylic acids is 1. The summed E-state index contributed by atoms with van der Waals surface area (Å²) in [4.78, 5) is 22.1. The molecule has 1 heterocycles. The average Bonchev–Trinajstić information content (AvgIpc) is 2.77. The van der Waals surface area contributed by atoms with Crippen molar-refractivity contribution in [3.8, 4) is 0 Å². The summed E-state index contributed by atoms with van der Waals surface area (Å²) in [6, 6.07) is 0. The maximum Gasteiger partial charge on any atom is 0.328 e. The zero-order valence-electron chi connectivity index (χ0n) is 14.6. The molecule has 1 saturated heterocycles. The Morgan fingerprint density at radius 3 is 2.48 bits per heavy atom. The Bertz CT molecular complexity index is 476. The van der Waals surface area contributed by atoms with Crippen LogP contribution in [0.2, 0.25) is 0 Å². The van der Waals surface area contributed by atoms with Crippen molar-refractivity contribution < 1.29 is 29.3 Å². The predicted octanol–water partition coefficient (Wildman–Crippen LogP) is 2.44. The summed E-state index contributed by atoms with van der Waals surface area (Å²) in [5.41, 5.74) is -0.937. The Hall–Kier alpha value is -1.40. The van der Waals surface area contributed by atoms with Crippen LogP contribution in [0.15, 0.2) is 11.6 Å². The van der Waals surface area contributed by atoms with Crippen molar-refractivity contribution in [1.29, 1.82) is 0 Å². The molecule has 1 aliphatic rings. The van der Waals surface area contributed by atoms with Gasteiger partial charge in [-0.05, 0) is 53.4 Å². The number of allylic oxidation sites excluding steroid dienone is 1. The molecule has 0 aromatic heterocycles. The van der Waals surface area contributed by atoms with E-state index in [0.717, 1.165) is 6.08 Å². The van der Waals surface area contributed by atoms with Gasteiger partial charge in [0.05, 0.1) is 11.7 Å². The zero-order valence-corrected chi connectivity index (χ0v) is 14.6. The largest absolute Gasteiger partial charge is 0.478 e. The lowest BCUT2D eigenvalue weighted by Gasteiger charge is -2.35. The molecule has 2 N–H and O–H groups in total. The Morgan fingerprint density at radius 2 is 2.04 bits per heavy atom. The molecular formula is C17H28O6. The van der Waals surface area contributed by atoms with E-state index in [9.17, 15) is 14.7 Å². The molecule has 132 valence electrons. The van der Waals surface area contributed by atoms with E-state index in [1.807, 2.05) is 6.92 Å². The quantitative estimate of drug-likeness (QED) is 0.551. The van der Waals surface area contributed by atoms with E-state index < -0.39 is 29.2 Å². The van der Waals surface area contributed by atoms with Crippen molar-refractivity contribution in [2.24, 2.45) is 0 Å². The second-order valence-corrected chi connectivity index (χ2v) is 7.08. The first-order valence-corrected chi connectivity index (χ1v) is 7.91. The van der Waals surface area contributed by atoms with Gasteiger partial charge < -0.3 is 19.7 Å². The van der Waals surface area contributed by atoms with Crippen molar-refractivity contribution in [3.05, 3.63) is 11.6 Å². The van der Waals surface area contributed by atoms with Gasteiger partial charge in [0.2, 0.25) is 0 Å². The number of carboxylic acid groups (broad SMARTS) is 1. The fraction of sp³-hybridized carbons (Fsp3) is 0.765. The molecule has 23 heavy (non-hydrogen) atoms. The van der Waals surface area contributed by atoms with E-state index in [4.69, 9.17) is 14.6 Å². The number of carbonyl (C=O) groups is 2. The van der Waals surface area contributed by atoms with Crippen LogP contribution in [0.4, 0.5) is 0 Å². The van der Waals surface area contributed by atoms with Crippen LogP contribution in [0.3, 0.4) is 0 Å². The maximum absolute atomic E-state index is 11.4. The molecule has 0 bridgehead atoms. The Balaban J connectivity index is 2.82. The highest BCUT2D eigenvalue weighted by molar-refractivity contribution is 5.80. The third kappa shape index (κ3) is 5.95. The molecule has 3 atom stereocenters. The molecule has 0 aromatic carbocycles. The van der Waals surface area contributed by atoms with Crippen molar-refractivity contribution in [2.45, 2.75) is 83.7 Å². The lowest BCUT2D eigenvalue weighted by molar-refractivity contribution is -0.180. The monoisotopic (exact) mass is 328 g/mol. The standard InChI is InChI=1S/C17H28O6/c1-11(10-15(19)20)6-7-14(22-12(2)18)17(5)9-8-13(23-17)16(3,4)21/h10,13-14,21H,6-9H2,1-5H3,(H,19,20)/b11-10+/t13-,14+,17-/m1/s1. The van der Waals surface area contributed by atoms with Crippen molar-refractivity contribution in [1.82, 2.24) is 0 Å². The fourth-order valence-electron chi connectivity index (χ4n) is 2.93. The smallest absolute Gasteiger partial charge is 0.328 e. The van der Waals surface area contributed by atoms with Crippen LogP contribution in [0, 0.1) is 0 Å². The number of carboxylic acids is 1. The summed E-state index contributed by atoms with van der Waals surface area (Å²) in [6.07, 6.45) is 2.68. The molecule has 0 saturated carbocycles. The lowest BCUT2D eigenvalue weighted by atomic mass is 9.90. The Kier molecular flexibility index (Phi) is 6.36. The fourth-order valence-corrected chi connectivity index (χ4v) is 2.93. The minimum atomic E-state index is -0.989. The van der Waals surface area contributed by atoms with Gasteiger partial charge in [0.15, 0.2) is 0 Å². The molecule has 1 rings (SSSR count). The molecule has 0 amide bonds. The number of aliphatic hydroxyl groups is 1. The van der Waals surface area contributed by atoms with Crippen LogP contribution in [-0.4, -0.2) is 45.6 Å².